The quantitative estimate of drug-likeness (QED) is 0.385. The number of carboxylic acid groups (broad SMARTS) is 1. The summed E-state index contributed by atoms with van der Waals surface area (Å²) in [5, 5.41) is 24.0. The van der Waals surface area contributed by atoms with Gasteiger partial charge in [0.1, 0.15) is 11.8 Å². The van der Waals surface area contributed by atoms with E-state index in [-0.39, 0.29) is 25.0 Å². The first kappa shape index (κ1) is 18.1. The number of oxime groups is 1. The van der Waals surface area contributed by atoms with Crippen molar-refractivity contribution < 1.29 is 19.9 Å². The van der Waals surface area contributed by atoms with Gasteiger partial charge in [-0.15, -0.1) is 0 Å². The van der Waals surface area contributed by atoms with Gasteiger partial charge in [-0.3, -0.25) is 9.78 Å². The minimum absolute atomic E-state index is 0.00542. The number of hydrogen-bond donors (Lipinski definition) is 3. The van der Waals surface area contributed by atoms with Crippen molar-refractivity contribution in [1.82, 2.24) is 10.3 Å². The topological polar surface area (TPSA) is 112 Å². The first-order chi connectivity index (χ1) is 12.1. The van der Waals surface area contributed by atoms with E-state index >= 15 is 0 Å². The zero-order chi connectivity index (χ0) is 18.1. The lowest BCUT2D eigenvalue weighted by Gasteiger charge is -2.14. The number of nitrogens with one attached hydrogen (secondary N) is 1. The maximum Gasteiger partial charge on any atom is 0.326 e. The summed E-state index contributed by atoms with van der Waals surface area (Å²) in [5.74, 6) is -1.53. The summed E-state index contributed by atoms with van der Waals surface area (Å²) in [7, 11) is 0. The van der Waals surface area contributed by atoms with Crippen LogP contribution >= 0.6 is 0 Å². The number of hydrogen-bond acceptors (Lipinski definition) is 5. The standard InChI is InChI=1S/C18H19N3O4/c22-17(10-9-15(21-25)14-8-4-5-11-19-14)20-16(18(23)24)12-13-6-2-1-3-7-13/h1-8,11,16,25H,9-10,12H2,(H,20,22)(H,23,24)/b21-15+. The highest BCUT2D eigenvalue weighted by Gasteiger charge is 2.20. The number of carbonyl (C=O) groups is 2. The van der Waals surface area contributed by atoms with Crippen LogP contribution in [0.15, 0.2) is 59.9 Å². The van der Waals surface area contributed by atoms with Gasteiger partial charge in [-0.2, -0.15) is 0 Å². The molecule has 0 aliphatic rings. The van der Waals surface area contributed by atoms with Gasteiger partial charge in [-0.1, -0.05) is 41.6 Å². The molecule has 0 aliphatic heterocycles. The van der Waals surface area contributed by atoms with Crippen LogP contribution in [-0.2, 0) is 16.0 Å². The third kappa shape index (κ3) is 5.72. The minimum atomic E-state index is -1.10. The van der Waals surface area contributed by atoms with Crippen LogP contribution in [0.4, 0.5) is 0 Å². The summed E-state index contributed by atoms with van der Waals surface area (Å²) >= 11 is 0. The molecule has 7 nitrogen and oxygen atoms in total. The number of carbonyl (C=O) groups excluding carboxylic acids is 1. The second-order valence-electron chi connectivity index (χ2n) is 5.41. The maximum absolute atomic E-state index is 12.1. The maximum atomic E-state index is 12.1. The molecule has 0 radical (unpaired) electrons. The molecule has 1 aromatic heterocycles. The molecule has 7 heteroatoms. The number of carboxylic acids is 1. The van der Waals surface area contributed by atoms with E-state index in [0.717, 1.165) is 5.56 Å². The number of aliphatic carboxylic acids is 1. The SMILES string of the molecule is O=C(CC/C(=N\O)c1ccccn1)NC(Cc1ccccc1)C(=O)O. The molecule has 0 aliphatic carbocycles. The first-order valence-electron chi connectivity index (χ1n) is 7.78. The molecule has 0 fully saturated rings. The molecular formula is C18H19N3O4. The summed E-state index contributed by atoms with van der Waals surface area (Å²) in [6.07, 6.45) is 1.90. The fourth-order valence-electron chi connectivity index (χ4n) is 2.31. The van der Waals surface area contributed by atoms with Gasteiger partial charge in [0, 0.05) is 25.5 Å². The fraction of sp³-hybridized carbons (Fsp3) is 0.222. The van der Waals surface area contributed by atoms with E-state index in [2.05, 4.69) is 15.5 Å². The number of nitrogens with zero attached hydrogens (tertiary/aromatic N) is 2. The van der Waals surface area contributed by atoms with E-state index in [1.165, 1.54) is 0 Å². The molecule has 0 bridgehead atoms. The van der Waals surface area contributed by atoms with Gasteiger partial charge in [0.25, 0.3) is 0 Å². The van der Waals surface area contributed by atoms with Gasteiger partial charge in [-0.05, 0) is 17.7 Å². The van der Waals surface area contributed by atoms with Crippen LogP contribution in [-0.4, -0.2) is 38.9 Å². The minimum Gasteiger partial charge on any atom is -0.480 e. The van der Waals surface area contributed by atoms with Crippen molar-refractivity contribution >= 4 is 17.6 Å². The van der Waals surface area contributed by atoms with Crippen LogP contribution < -0.4 is 5.32 Å². The number of benzene rings is 1. The van der Waals surface area contributed by atoms with E-state index in [1.54, 1.807) is 36.5 Å². The Morgan fingerprint density at radius 2 is 1.80 bits per heavy atom. The van der Waals surface area contributed by atoms with E-state index in [9.17, 15) is 14.7 Å². The molecule has 0 saturated carbocycles. The molecule has 2 aromatic rings. The third-order valence-electron chi connectivity index (χ3n) is 3.59. The Labute approximate surface area is 145 Å². The number of rotatable bonds is 8. The second kappa shape index (κ2) is 9.17. The molecule has 1 atom stereocenters. The first-order valence-corrected chi connectivity index (χ1v) is 7.78. The smallest absolute Gasteiger partial charge is 0.326 e. The molecule has 130 valence electrons. The number of amides is 1. The fourth-order valence-corrected chi connectivity index (χ4v) is 2.31. The average molecular weight is 341 g/mol. The predicted octanol–water partition coefficient (Wildman–Crippen LogP) is 1.85. The van der Waals surface area contributed by atoms with E-state index < -0.39 is 17.9 Å². The van der Waals surface area contributed by atoms with Crippen LogP contribution in [0, 0.1) is 0 Å². The van der Waals surface area contributed by atoms with Crippen LogP contribution in [0.2, 0.25) is 0 Å². The van der Waals surface area contributed by atoms with Crippen molar-refractivity contribution in [2.24, 2.45) is 5.16 Å². The van der Waals surface area contributed by atoms with Crippen molar-refractivity contribution in [2.75, 3.05) is 0 Å². The van der Waals surface area contributed by atoms with Gasteiger partial charge >= 0.3 is 5.97 Å². The zero-order valence-electron chi connectivity index (χ0n) is 13.5. The van der Waals surface area contributed by atoms with E-state index in [0.29, 0.717) is 5.69 Å². The van der Waals surface area contributed by atoms with Gasteiger partial charge < -0.3 is 15.6 Å². The monoisotopic (exact) mass is 341 g/mol. The van der Waals surface area contributed by atoms with Crippen molar-refractivity contribution in [3.63, 3.8) is 0 Å². The van der Waals surface area contributed by atoms with Crippen molar-refractivity contribution in [3.8, 4) is 0 Å². The normalized spacial score (nSPS) is 12.4. The molecule has 0 spiro atoms. The van der Waals surface area contributed by atoms with E-state index in [1.807, 2.05) is 18.2 Å². The summed E-state index contributed by atoms with van der Waals surface area (Å²) < 4.78 is 0. The molecular weight excluding hydrogens is 322 g/mol. The highest BCUT2D eigenvalue weighted by atomic mass is 16.4. The molecule has 3 N–H and O–H groups in total. The lowest BCUT2D eigenvalue weighted by atomic mass is 10.1. The van der Waals surface area contributed by atoms with Gasteiger partial charge in [0.05, 0.1) is 5.69 Å². The van der Waals surface area contributed by atoms with Gasteiger partial charge in [0.2, 0.25) is 5.91 Å². The molecule has 25 heavy (non-hydrogen) atoms. The Balaban J connectivity index is 1.92. The van der Waals surface area contributed by atoms with Crippen LogP contribution in [0.1, 0.15) is 24.1 Å². The van der Waals surface area contributed by atoms with Crippen molar-refractivity contribution in [3.05, 3.63) is 66.0 Å². The highest BCUT2D eigenvalue weighted by molar-refractivity contribution is 6.00. The van der Waals surface area contributed by atoms with Gasteiger partial charge in [-0.25, -0.2) is 4.79 Å². The van der Waals surface area contributed by atoms with E-state index in [4.69, 9.17) is 5.21 Å². The third-order valence-corrected chi connectivity index (χ3v) is 3.59. The molecule has 1 amide bonds. The Morgan fingerprint density at radius 3 is 2.40 bits per heavy atom. The summed E-state index contributed by atoms with van der Waals surface area (Å²) in [5.41, 5.74) is 1.56. The van der Waals surface area contributed by atoms with Crippen LogP contribution in [0.5, 0.6) is 0 Å². The van der Waals surface area contributed by atoms with Gasteiger partial charge in [0.15, 0.2) is 0 Å². The lowest BCUT2D eigenvalue weighted by molar-refractivity contribution is -0.141. The summed E-state index contributed by atoms with van der Waals surface area (Å²) in [6.45, 7) is 0. The molecule has 2 rings (SSSR count). The lowest BCUT2D eigenvalue weighted by Crippen LogP contribution is -2.42. The molecule has 1 heterocycles. The Morgan fingerprint density at radius 1 is 1.08 bits per heavy atom. The van der Waals surface area contributed by atoms with Crippen molar-refractivity contribution in [2.45, 2.75) is 25.3 Å². The Hall–Kier alpha value is -3.22. The summed E-state index contributed by atoms with van der Waals surface area (Å²) in [6, 6.07) is 13.2. The number of pyridine rings is 1. The largest absolute Gasteiger partial charge is 0.480 e. The summed E-state index contributed by atoms with van der Waals surface area (Å²) in [4.78, 5) is 27.5. The highest BCUT2D eigenvalue weighted by Crippen LogP contribution is 2.06. The predicted molar refractivity (Wildman–Crippen MR) is 91.5 cm³/mol. The molecule has 1 unspecified atom stereocenters. The van der Waals surface area contributed by atoms with Crippen molar-refractivity contribution in [1.29, 1.82) is 0 Å². The molecule has 1 aromatic carbocycles. The molecule has 0 saturated heterocycles. The van der Waals surface area contributed by atoms with Crippen LogP contribution in [0.3, 0.4) is 0 Å². The average Bonchev–Trinajstić information content (AvgIpc) is 2.63. The second-order valence-corrected chi connectivity index (χ2v) is 5.41. The zero-order valence-corrected chi connectivity index (χ0v) is 13.5. The van der Waals surface area contributed by atoms with Crippen LogP contribution in [0.25, 0.3) is 0 Å². The number of aromatic nitrogens is 1. The Kier molecular flexibility index (Phi) is 6.65. The Bertz CT molecular complexity index is 733.